The number of halogens is 3. The Morgan fingerprint density at radius 2 is 1.86 bits per heavy atom. The summed E-state index contributed by atoms with van der Waals surface area (Å²) in [5.41, 5.74) is 0.00625. The van der Waals surface area contributed by atoms with E-state index >= 15 is 0 Å². The monoisotopic (exact) mass is 551 g/mol. The minimum Gasteiger partial charge on any atom is -0.475 e. The number of sulfone groups is 1. The molecular formula is C22H28F3N3O6S2. The highest BCUT2D eigenvalue weighted by molar-refractivity contribution is 7.91. The SMILES string of the molecule is CCS(=O)(=O)c1cc(C)n(C(CC2CCCCC2)C(=O)Nc2nccs2)c(=O)c1.O=C(O)C(F)(F)F. The third-order valence-electron chi connectivity index (χ3n) is 5.77. The lowest BCUT2D eigenvalue weighted by Gasteiger charge is -2.28. The number of nitrogens with zero attached hydrogens (tertiary/aromatic N) is 2. The highest BCUT2D eigenvalue weighted by Gasteiger charge is 2.38. The number of thiazole rings is 1. The maximum absolute atomic E-state index is 13.1. The number of carboxylic acids is 1. The van der Waals surface area contributed by atoms with Crippen molar-refractivity contribution in [3.63, 3.8) is 0 Å². The van der Waals surface area contributed by atoms with Crippen LogP contribution in [-0.4, -0.2) is 46.9 Å². The highest BCUT2D eigenvalue weighted by Crippen LogP contribution is 2.32. The summed E-state index contributed by atoms with van der Waals surface area (Å²) in [7, 11) is -3.50. The number of alkyl halides is 3. The van der Waals surface area contributed by atoms with Crippen molar-refractivity contribution in [2.75, 3.05) is 11.1 Å². The molecule has 36 heavy (non-hydrogen) atoms. The number of hydrogen-bond donors (Lipinski definition) is 2. The summed E-state index contributed by atoms with van der Waals surface area (Å²) in [6.45, 7) is 3.23. The van der Waals surface area contributed by atoms with Crippen LogP contribution < -0.4 is 10.9 Å². The molecule has 0 aliphatic heterocycles. The Balaban J connectivity index is 0.000000572. The molecule has 9 nitrogen and oxygen atoms in total. The average Bonchev–Trinajstić information content (AvgIpc) is 3.31. The minimum atomic E-state index is -5.08. The molecule has 2 aromatic rings. The van der Waals surface area contributed by atoms with Gasteiger partial charge in [-0.2, -0.15) is 13.2 Å². The number of carbonyl (C=O) groups is 2. The van der Waals surface area contributed by atoms with E-state index in [1.807, 2.05) is 0 Å². The van der Waals surface area contributed by atoms with Crippen molar-refractivity contribution >= 4 is 38.2 Å². The van der Waals surface area contributed by atoms with Gasteiger partial charge in [0.05, 0.1) is 10.6 Å². The second-order valence-corrected chi connectivity index (χ2v) is 11.5. The van der Waals surface area contributed by atoms with Crippen molar-refractivity contribution < 1.29 is 36.3 Å². The Morgan fingerprint density at radius 3 is 2.33 bits per heavy atom. The van der Waals surface area contributed by atoms with Crippen molar-refractivity contribution in [3.8, 4) is 0 Å². The summed E-state index contributed by atoms with van der Waals surface area (Å²) in [5.74, 6) is -2.76. The summed E-state index contributed by atoms with van der Waals surface area (Å²) in [4.78, 5) is 39.0. The molecule has 1 fully saturated rings. The molecule has 1 aliphatic carbocycles. The maximum atomic E-state index is 13.1. The van der Waals surface area contributed by atoms with Gasteiger partial charge in [0, 0.05) is 23.3 Å². The zero-order valence-corrected chi connectivity index (χ0v) is 21.4. The van der Waals surface area contributed by atoms with E-state index in [4.69, 9.17) is 9.90 Å². The third kappa shape index (κ3) is 8.15. The van der Waals surface area contributed by atoms with Crippen LogP contribution in [0.1, 0.15) is 57.2 Å². The number of rotatable bonds is 7. The van der Waals surface area contributed by atoms with Gasteiger partial charge in [0.2, 0.25) is 5.91 Å². The number of hydrogen-bond acceptors (Lipinski definition) is 7. The van der Waals surface area contributed by atoms with Crippen LogP contribution in [0.3, 0.4) is 0 Å². The Bertz CT molecular complexity index is 1200. The van der Waals surface area contributed by atoms with Gasteiger partial charge in [-0.1, -0.05) is 39.0 Å². The standard InChI is InChI=1S/C20H27N3O4S2.C2HF3O2/c1-3-29(26,27)16-11-14(2)23(18(24)13-16)17(12-15-7-5-4-6-8-15)19(25)22-20-21-9-10-28-20;3-2(4,5)1(6)7/h9-11,13,15,17H,3-8,12H2,1-2H3,(H,21,22,25);(H,6,7). The molecule has 3 rings (SSSR count). The second kappa shape index (κ2) is 12.5. The zero-order chi connectivity index (χ0) is 27.1. The number of carboxylic acid groups (broad SMARTS) is 1. The Kier molecular flexibility index (Phi) is 10.2. The van der Waals surface area contributed by atoms with Crippen LogP contribution in [0.2, 0.25) is 0 Å². The molecule has 0 saturated heterocycles. The van der Waals surface area contributed by atoms with Crippen molar-refractivity contribution in [1.82, 2.24) is 9.55 Å². The molecule has 2 N–H and O–H groups in total. The largest absolute Gasteiger partial charge is 0.490 e. The van der Waals surface area contributed by atoms with E-state index in [9.17, 15) is 31.2 Å². The van der Waals surface area contributed by atoms with Crippen LogP contribution in [0, 0.1) is 12.8 Å². The molecule has 1 amide bonds. The van der Waals surface area contributed by atoms with Gasteiger partial charge in [0.25, 0.3) is 5.56 Å². The van der Waals surface area contributed by atoms with Gasteiger partial charge in [-0.25, -0.2) is 18.2 Å². The van der Waals surface area contributed by atoms with Gasteiger partial charge in [0.1, 0.15) is 6.04 Å². The molecule has 1 aliphatic rings. The van der Waals surface area contributed by atoms with Crippen LogP contribution in [0.15, 0.2) is 33.4 Å². The fourth-order valence-corrected chi connectivity index (χ4v) is 5.47. The lowest BCUT2D eigenvalue weighted by molar-refractivity contribution is -0.192. The number of carbonyl (C=O) groups excluding carboxylic acids is 1. The number of aliphatic carboxylic acids is 1. The first kappa shape index (κ1) is 29.5. The molecular weight excluding hydrogens is 523 g/mol. The molecule has 14 heteroatoms. The summed E-state index contributed by atoms with van der Waals surface area (Å²) >= 11 is 1.32. The lowest BCUT2D eigenvalue weighted by Crippen LogP contribution is -2.36. The van der Waals surface area contributed by atoms with E-state index in [0.29, 0.717) is 23.2 Å². The molecule has 0 spiro atoms. The molecule has 200 valence electrons. The van der Waals surface area contributed by atoms with Crippen molar-refractivity contribution in [3.05, 3.63) is 39.8 Å². The van der Waals surface area contributed by atoms with Crippen LogP contribution >= 0.6 is 11.3 Å². The van der Waals surface area contributed by atoms with E-state index in [1.54, 1.807) is 25.4 Å². The van der Waals surface area contributed by atoms with Crippen LogP contribution in [0.4, 0.5) is 18.3 Å². The van der Waals surface area contributed by atoms with Gasteiger partial charge < -0.3 is 15.0 Å². The highest BCUT2D eigenvalue weighted by atomic mass is 32.2. The summed E-state index contributed by atoms with van der Waals surface area (Å²) in [5, 5.41) is 12.2. The van der Waals surface area contributed by atoms with E-state index in [1.165, 1.54) is 28.4 Å². The number of aromatic nitrogens is 2. The summed E-state index contributed by atoms with van der Waals surface area (Å²) in [6, 6.07) is 1.93. The number of amides is 1. The topological polar surface area (TPSA) is 135 Å². The second-order valence-electron chi connectivity index (χ2n) is 8.33. The molecule has 2 aromatic heterocycles. The molecule has 1 saturated carbocycles. The summed E-state index contributed by atoms with van der Waals surface area (Å²) in [6.07, 6.45) is 2.62. The maximum Gasteiger partial charge on any atom is 0.490 e. The van der Waals surface area contributed by atoms with Crippen LogP contribution in [-0.2, 0) is 19.4 Å². The van der Waals surface area contributed by atoms with Gasteiger partial charge in [0.15, 0.2) is 15.0 Å². The van der Waals surface area contributed by atoms with Crippen molar-refractivity contribution in [2.24, 2.45) is 5.92 Å². The molecule has 1 atom stereocenters. The molecule has 0 aromatic carbocycles. The van der Waals surface area contributed by atoms with E-state index < -0.39 is 33.6 Å². The Labute approximate surface area is 210 Å². The van der Waals surface area contributed by atoms with Gasteiger partial charge in [-0.3, -0.25) is 9.59 Å². The predicted molar refractivity (Wildman–Crippen MR) is 128 cm³/mol. The Hall–Kier alpha value is -2.74. The van der Waals surface area contributed by atoms with Crippen LogP contribution in [0.5, 0.6) is 0 Å². The molecule has 2 heterocycles. The first-order valence-electron chi connectivity index (χ1n) is 11.2. The van der Waals surface area contributed by atoms with Gasteiger partial charge >= 0.3 is 12.1 Å². The normalized spacial score (nSPS) is 15.5. The van der Waals surface area contributed by atoms with Gasteiger partial charge in [-0.05, 0) is 25.3 Å². The van der Waals surface area contributed by atoms with E-state index in [2.05, 4.69) is 10.3 Å². The van der Waals surface area contributed by atoms with E-state index in [-0.39, 0.29) is 16.6 Å². The number of anilines is 1. The Morgan fingerprint density at radius 1 is 1.25 bits per heavy atom. The smallest absolute Gasteiger partial charge is 0.475 e. The fourth-order valence-electron chi connectivity index (χ4n) is 3.97. The lowest BCUT2D eigenvalue weighted by atomic mass is 9.84. The fraction of sp³-hybridized carbons (Fsp3) is 0.545. The number of pyridine rings is 1. The van der Waals surface area contributed by atoms with Crippen molar-refractivity contribution in [2.45, 2.75) is 69.5 Å². The molecule has 0 bridgehead atoms. The quantitative estimate of drug-likeness (QED) is 0.527. The summed E-state index contributed by atoms with van der Waals surface area (Å²) < 4.78 is 57.6. The number of nitrogens with one attached hydrogen (secondary N) is 1. The van der Waals surface area contributed by atoms with Gasteiger partial charge in [-0.15, -0.1) is 11.3 Å². The number of aryl methyl sites for hydroxylation is 1. The third-order valence-corrected chi connectivity index (χ3v) is 8.18. The molecule has 1 unspecified atom stereocenters. The predicted octanol–water partition coefficient (Wildman–Crippen LogP) is 4.19. The zero-order valence-electron chi connectivity index (χ0n) is 19.7. The first-order chi connectivity index (χ1) is 16.8. The van der Waals surface area contributed by atoms with Crippen molar-refractivity contribution in [1.29, 1.82) is 0 Å². The minimum absolute atomic E-state index is 0.00972. The average molecular weight is 552 g/mol. The van der Waals surface area contributed by atoms with Crippen LogP contribution in [0.25, 0.3) is 0 Å². The molecule has 0 radical (unpaired) electrons. The first-order valence-corrected chi connectivity index (χ1v) is 13.8. The van der Waals surface area contributed by atoms with E-state index in [0.717, 1.165) is 31.7 Å².